The Morgan fingerprint density at radius 1 is 1.29 bits per heavy atom. The van der Waals surface area contributed by atoms with E-state index in [0.29, 0.717) is 0 Å². The quantitative estimate of drug-likeness (QED) is 0.554. The molecule has 0 aliphatic rings. The lowest BCUT2D eigenvalue weighted by molar-refractivity contribution is 0.307. The first kappa shape index (κ1) is 10.9. The Morgan fingerprint density at radius 2 is 2.07 bits per heavy atom. The summed E-state index contributed by atoms with van der Waals surface area (Å²) in [6.07, 6.45) is 2.01. The minimum atomic E-state index is 0.723. The molecule has 1 aromatic rings. The number of ether oxygens (including phenoxy) is 1. The van der Waals surface area contributed by atoms with Crippen molar-refractivity contribution in [2.24, 2.45) is 5.73 Å². The molecule has 0 aliphatic carbocycles. The molecule has 14 heavy (non-hydrogen) atoms. The van der Waals surface area contributed by atoms with E-state index in [-0.39, 0.29) is 0 Å². The maximum atomic E-state index is 5.69. The first-order valence-corrected chi connectivity index (χ1v) is 4.93. The van der Waals surface area contributed by atoms with E-state index >= 15 is 0 Å². The third-order valence-electron chi connectivity index (χ3n) is 2.11. The number of anilines is 1. The van der Waals surface area contributed by atoms with Gasteiger partial charge in [0.05, 0.1) is 6.61 Å². The van der Waals surface area contributed by atoms with E-state index in [1.54, 1.807) is 0 Å². The minimum absolute atomic E-state index is 0.723. The van der Waals surface area contributed by atoms with Gasteiger partial charge in [0, 0.05) is 5.69 Å². The van der Waals surface area contributed by atoms with Crippen LogP contribution in [-0.2, 0) is 0 Å². The van der Waals surface area contributed by atoms with E-state index in [1.807, 2.05) is 25.1 Å². The van der Waals surface area contributed by atoms with Gasteiger partial charge in [-0.15, -0.1) is 0 Å². The second-order valence-electron chi connectivity index (χ2n) is 3.36. The van der Waals surface area contributed by atoms with Crippen LogP contribution in [0.2, 0.25) is 0 Å². The number of rotatable bonds is 5. The molecule has 0 spiro atoms. The zero-order chi connectivity index (χ0) is 10.4. The van der Waals surface area contributed by atoms with Crippen molar-refractivity contribution < 1.29 is 4.74 Å². The molecule has 0 saturated carbocycles. The highest BCUT2D eigenvalue weighted by Gasteiger charge is 1.97. The molecular formula is C11H18N2O. The number of benzene rings is 1. The van der Waals surface area contributed by atoms with Gasteiger partial charge in [-0.1, -0.05) is 0 Å². The van der Waals surface area contributed by atoms with Crippen LogP contribution < -0.4 is 16.2 Å². The summed E-state index contributed by atoms with van der Waals surface area (Å²) in [5.74, 6) is 0.883. The molecule has 0 aromatic heterocycles. The Morgan fingerprint density at radius 3 is 2.71 bits per heavy atom. The zero-order valence-electron chi connectivity index (χ0n) is 8.62. The Hall–Kier alpha value is -1.22. The maximum Gasteiger partial charge on any atom is 0.119 e. The van der Waals surface area contributed by atoms with Crippen LogP contribution in [-0.4, -0.2) is 13.2 Å². The molecule has 0 radical (unpaired) electrons. The van der Waals surface area contributed by atoms with Crippen LogP contribution in [0.3, 0.4) is 0 Å². The minimum Gasteiger partial charge on any atom is -0.494 e. The molecule has 0 aliphatic heterocycles. The normalized spacial score (nSPS) is 10.1. The van der Waals surface area contributed by atoms with Crippen LogP contribution in [0.25, 0.3) is 0 Å². The number of nitrogens with two attached hydrogens (primary N) is 2. The third kappa shape index (κ3) is 3.26. The summed E-state index contributed by atoms with van der Waals surface area (Å²) in [7, 11) is 0. The molecule has 1 rings (SSSR count). The van der Waals surface area contributed by atoms with E-state index in [0.717, 1.165) is 43.0 Å². The maximum absolute atomic E-state index is 5.69. The van der Waals surface area contributed by atoms with Crippen LogP contribution in [0, 0.1) is 6.92 Å². The molecule has 78 valence electrons. The molecule has 0 unspecified atom stereocenters. The number of nitrogen functional groups attached to an aromatic ring is 1. The molecule has 3 heteroatoms. The summed E-state index contributed by atoms with van der Waals surface area (Å²) in [5.41, 5.74) is 12.9. The predicted molar refractivity (Wildman–Crippen MR) is 59.4 cm³/mol. The van der Waals surface area contributed by atoms with Crippen molar-refractivity contribution in [3.8, 4) is 5.75 Å². The molecular weight excluding hydrogens is 176 g/mol. The molecule has 3 nitrogen and oxygen atoms in total. The number of unbranched alkanes of at least 4 members (excludes halogenated alkanes) is 1. The first-order chi connectivity index (χ1) is 6.74. The number of aryl methyl sites for hydroxylation is 1. The van der Waals surface area contributed by atoms with Crippen LogP contribution in [0.15, 0.2) is 18.2 Å². The van der Waals surface area contributed by atoms with Crippen LogP contribution in [0.5, 0.6) is 5.75 Å². The lowest BCUT2D eigenvalue weighted by atomic mass is 10.2. The Kier molecular flexibility index (Phi) is 4.26. The topological polar surface area (TPSA) is 61.3 Å². The van der Waals surface area contributed by atoms with E-state index < -0.39 is 0 Å². The monoisotopic (exact) mass is 194 g/mol. The van der Waals surface area contributed by atoms with Crippen LogP contribution in [0.4, 0.5) is 5.69 Å². The SMILES string of the molecule is Cc1cc(OCCCCN)ccc1N. The van der Waals surface area contributed by atoms with Gasteiger partial charge in [0.1, 0.15) is 5.75 Å². The highest BCUT2D eigenvalue weighted by Crippen LogP contribution is 2.18. The predicted octanol–water partition coefficient (Wildman–Crippen LogP) is 1.69. The summed E-state index contributed by atoms with van der Waals surface area (Å²) in [5, 5.41) is 0. The zero-order valence-corrected chi connectivity index (χ0v) is 8.62. The molecule has 0 heterocycles. The van der Waals surface area contributed by atoms with E-state index in [2.05, 4.69) is 0 Å². The van der Waals surface area contributed by atoms with Crippen molar-refractivity contribution in [1.29, 1.82) is 0 Å². The van der Waals surface area contributed by atoms with Crippen molar-refractivity contribution in [2.45, 2.75) is 19.8 Å². The fourth-order valence-corrected chi connectivity index (χ4v) is 1.17. The fraction of sp³-hybridized carbons (Fsp3) is 0.455. The Balaban J connectivity index is 2.39. The van der Waals surface area contributed by atoms with E-state index in [1.165, 1.54) is 0 Å². The summed E-state index contributed by atoms with van der Waals surface area (Å²) in [4.78, 5) is 0. The van der Waals surface area contributed by atoms with Crippen molar-refractivity contribution in [3.05, 3.63) is 23.8 Å². The summed E-state index contributed by atoms with van der Waals surface area (Å²) in [6.45, 7) is 3.42. The lowest BCUT2D eigenvalue weighted by Crippen LogP contribution is -2.03. The van der Waals surface area contributed by atoms with Gasteiger partial charge in [-0.05, 0) is 50.1 Å². The molecule has 0 bridgehead atoms. The summed E-state index contributed by atoms with van der Waals surface area (Å²) >= 11 is 0. The van der Waals surface area contributed by atoms with E-state index in [9.17, 15) is 0 Å². The van der Waals surface area contributed by atoms with Crippen molar-refractivity contribution in [2.75, 3.05) is 18.9 Å². The lowest BCUT2D eigenvalue weighted by Gasteiger charge is -2.07. The molecule has 1 aromatic carbocycles. The van der Waals surface area contributed by atoms with Gasteiger partial charge in [-0.3, -0.25) is 0 Å². The van der Waals surface area contributed by atoms with Gasteiger partial charge in [0.2, 0.25) is 0 Å². The number of hydrogen-bond donors (Lipinski definition) is 2. The Bertz CT molecular complexity index is 287. The van der Waals surface area contributed by atoms with Crippen LogP contribution in [0.1, 0.15) is 18.4 Å². The molecule has 0 fully saturated rings. The van der Waals surface area contributed by atoms with Crippen molar-refractivity contribution >= 4 is 5.69 Å². The van der Waals surface area contributed by atoms with Gasteiger partial charge < -0.3 is 16.2 Å². The van der Waals surface area contributed by atoms with Crippen LogP contribution >= 0.6 is 0 Å². The third-order valence-corrected chi connectivity index (χ3v) is 2.11. The first-order valence-electron chi connectivity index (χ1n) is 4.93. The highest BCUT2D eigenvalue weighted by molar-refractivity contribution is 5.49. The smallest absolute Gasteiger partial charge is 0.119 e. The Labute approximate surface area is 85.0 Å². The molecule has 0 amide bonds. The van der Waals surface area contributed by atoms with Gasteiger partial charge in [0.25, 0.3) is 0 Å². The summed E-state index contributed by atoms with van der Waals surface area (Å²) < 4.78 is 5.53. The van der Waals surface area contributed by atoms with E-state index in [4.69, 9.17) is 16.2 Å². The molecule has 4 N–H and O–H groups in total. The van der Waals surface area contributed by atoms with Gasteiger partial charge >= 0.3 is 0 Å². The molecule has 0 saturated heterocycles. The van der Waals surface area contributed by atoms with Crippen molar-refractivity contribution in [3.63, 3.8) is 0 Å². The second-order valence-corrected chi connectivity index (χ2v) is 3.36. The van der Waals surface area contributed by atoms with Gasteiger partial charge in [-0.2, -0.15) is 0 Å². The average molecular weight is 194 g/mol. The van der Waals surface area contributed by atoms with Gasteiger partial charge in [-0.25, -0.2) is 0 Å². The second kappa shape index (κ2) is 5.50. The largest absolute Gasteiger partial charge is 0.494 e. The summed E-state index contributed by atoms with van der Waals surface area (Å²) in [6, 6.07) is 5.72. The highest BCUT2D eigenvalue weighted by atomic mass is 16.5. The van der Waals surface area contributed by atoms with Crippen molar-refractivity contribution in [1.82, 2.24) is 0 Å². The fourth-order valence-electron chi connectivity index (χ4n) is 1.17. The van der Waals surface area contributed by atoms with Gasteiger partial charge in [0.15, 0.2) is 0 Å². The average Bonchev–Trinajstić information content (AvgIpc) is 2.18. The molecule has 0 atom stereocenters. The standard InChI is InChI=1S/C11H18N2O/c1-9-8-10(4-5-11(9)13)14-7-3-2-6-12/h4-5,8H,2-3,6-7,12-13H2,1H3. The number of hydrogen-bond acceptors (Lipinski definition) is 3.